The van der Waals surface area contributed by atoms with Gasteiger partial charge in [0.2, 0.25) is 0 Å². The number of aliphatic hydroxyl groups excluding tert-OH is 1. The van der Waals surface area contributed by atoms with E-state index < -0.39 is 11.0 Å². The molecule has 3 rings (SSSR count). The molecule has 0 amide bonds. The Hall–Kier alpha value is -1.83. The Morgan fingerprint density at radius 2 is 2.14 bits per heavy atom. The van der Waals surface area contributed by atoms with Crippen LogP contribution in [0.25, 0.3) is 10.9 Å². The highest BCUT2D eigenvalue weighted by atomic mass is 32.2. The van der Waals surface area contributed by atoms with Crippen molar-refractivity contribution in [1.29, 1.82) is 0 Å². The fraction of sp³-hybridized carbons (Fsp3) is 0.143. The van der Waals surface area contributed by atoms with Crippen molar-refractivity contribution >= 4 is 39.7 Å². The van der Waals surface area contributed by atoms with Crippen LogP contribution in [0.15, 0.2) is 45.6 Å². The third-order valence-electron chi connectivity index (χ3n) is 3.02. The van der Waals surface area contributed by atoms with Crippen molar-refractivity contribution in [1.82, 2.24) is 4.98 Å². The number of nitro groups is 1. The zero-order valence-corrected chi connectivity index (χ0v) is 12.7. The zero-order valence-electron chi connectivity index (χ0n) is 11.1. The van der Waals surface area contributed by atoms with Crippen LogP contribution in [-0.4, -0.2) is 15.0 Å². The topological polar surface area (TPSA) is 79.2 Å². The number of nitrogens with zero attached hydrogens (tertiary/aromatic N) is 1. The molecule has 0 saturated heterocycles. The van der Waals surface area contributed by atoms with Crippen molar-refractivity contribution in [3.63, 3.8) is 0 Å². The van der Waals surface area contributed by atoms with Crippen LogP contribution in [0.3, 0.4) is 0 Å². The maximum Gasteiger partial charge on any atom is 0.294 e. The minimum Gasteiger partial charge on any atom is -0.388 e. The van der Waals surface area contributed by atoms with Gasteiger partial charge in [-0.15, -0.1) is 11.3 Å². The summed E-state index contributed by atoms with van der Waals surface area (Å²) in [5, 5.41) is 22.6. The smallest absolute Gasteiger partial charge is 0.294 e. The Balaban J connectivity index is 1.98. The van der Waals surface area contributed by atoms with Crippen molar-refractivity contribution < 1.29 is 10.0 Å². The van der Waals surface area contributed by atoms with Crippen LogP contribution in [0.4, 0.5) is 5.69 Å². The van der Waals surface area contributed by atoms with E-state index in [-0.39, 0.29) is 5.69 Å². The van der Waals surface area contributed by atoms with E-state index >= 15 is 0 Å². The van der Waals surface area contributed by atoms with Crippen LogP contribution in [0.2, 0.25) is 0 Å². The summed E-state index contributed by atoms with van der Waals surface area (Å²) in [6, 6.07) is 11.2. The molecular formula is C14H12N2O3S2. The number of aliphatic hydroxyl groups is 1. The van der Waals surface area contributed by atoms with Gasteiger partial charge in [-0.25, -0.2) is 0 Å². The summed E-state index contributed by atoms with van der Waals surface area (Å²) in [6.07, 6.45) is -0.703. The van der Waals surface area contributed by atoms with E-state index in [0.29, 0.717) is 9.09 Å². The third kappa shape index (κ3) is 2.80. The number of hydrogen-bond donors (Lipinski definition) is 2. The number of aromatic amines is 1. The van der Waals surface area contributed by atoms with E-state index in [0.717, 1.165) is 15.9 Å². The van der Waals surface area contributed by atoms with Crippen molar-refractivity contribution in [2.24, 2.45) is 0 Å². The molecule has 108 valence electrons. The van der Waals surface area contributed by atoms with Gasteiger partial charge in [-0.2, -0.15) is 0 Å². The molecule has 21 heavy (non-hydrogen) atoms. The molecule has 1 atom stereocenters. The van der Waals surface area contributed by atoms with Crippen LogP contribution in [-0.2, 0) is 0 Å². The first kappa shape index (κ1) is 14.1. The van der Waals surface area contributed by atoms with E-state index in [1.54, 1.807) is 6.92 Å². The number of para-hydroxylation sites is 1. The van der Waals surface area contributed by atoms with E-state index in [1.807, 2.05) is 30.3 Å². The highest BCUT2D eigenvalue weighted by molar-refractivity contribution is 8.01. The monoisotopic (exact) mass is 320 g/mol. The molecule has 1 aromatic carbocycles. The van der Waals surface area contributed by atoms with Gasteiger partial charge >= 0.3 is 0 Å². The third-order valence-corrected chi connectivity index (χ3v) is 5.44. The Kier molecular flexibility index (Phi) is 3.71. The predicted octanol–water partition coefficient (Wildman–Crippen LogP) is 4.34. The van der Waals surface area contributed by atoms with Crippen LogP contribution < -0.4 is 0 Å². The molecule has 0 radical (unpaired) electrons. The molecule has 0 aliphatic heterocycles. The first-order valence-electron chi connectivity index (χ1n) is 6.26. The highest BCUT2D eigenvalue weighted by Crippen LogP contribution is 2.43. The molecule has 0 fully saturated rings. The Morgan fingerprint density at radius 1 is 1.38 bits per heavy atom. The number of fused-ring (bicyclic) bond motifs is 1. The lowest BCUT2D eigenvalue weighted by molar-refractivity contribution is -0.387. The second-order valence-corrected chi connectivity index (χ2v) is 6.97. The highest BCUT2D eigenvalue weighted by Gasteiger charge is 2.22. The standard InChI is InChI=1S/C14H12N2O3S2/c1-8(17)12-7-11(16(18)19)14(20-12)21-13-6-9-4-2-3-5-10(9)15-13/h2-8,15,17H,1H3/t8-/m0/s1. The summed E-state index contributed by atoms with van der Waals surface area (Å²) in [4.78, 5) is 14.5. The van der Waals surface area contributed by atoms with Gasteiger partial charge in [-0.05, 0) is 19.1 Å². The van der Waals surface area contributed by atoms with E-state index in [9.17, 15) is 15.2 Å². The number of H-pyrrole nitrogens is 1. The predicted molar refractivity (Wildman–Crippen MR) is 84.0 cm³/mol. The molecule has 0 aliphatic rings. The van der Waals surface area contributed by atoms with Crippen molar-refractivity contribution in [2.75, 3.05) is 0 Å². The normalized spacial score (nSPS) is 12.7. The summed E-state index contributed by atoms with van der Waals surface area (Å²) < 4.78 is 0.572. The molecule has 7 heteroatoms. The summed E-state index contributed by atoms with van der Waals surface area (Å²) in [7, 11) is 0. The summed E-state index contributed by atoms with van der Waals surface area (Å²) in [5.74, 6) is 0. The van der Waals surface area contributed by atoms with Crippen LogP contribution >= 0.6 is 23.1 Å². The lowest BCUT2D eigenvalue weighted by Gasteiger charge is -1.96. The van der Waals surface area contributed by atoms with Crippen LogP contribution in [0, 0.1) is 10.1 Å². The molecule has 5 nitrogen and oxygen atoms in total. The van der Waals surface area contributed by atoms with Crippen molar-refractivity contribution in [3.8, 4) is 0 Å². The largest absolute Gasteiger partial charge is 0.388 e. The molecule has 0 spiro atoms. The van der Waals surface area contributed by atoms with E-state index in [2.05, 4.69) is 4.98 Å². The quantitative estimate of drug-likeness (QED) is 0.553. The van der Waals surface area contributed by atoms with E-state index in [4.69, 9.17) is 0 Å². The first-order chi connectivity index (χ1) is 10.0. The second kappa shape index (κ2) is 5.51. The fourth-order valence-corrected chi connectivity index (χ4v) is 4.29. The lowest BCUT2D eigenvalue weighted by Crippen LogP contribution is -1.87. The molecule has 0 unspecified atom stereocenters. The van der Waals surface area contributed by atoms with Gasteiger partial charge in [-0.1, -0.05) is 30.0 Å². The van der Waals surface area contributed by atoms with Crippen molar-refractivity contribution in [3.05, 3.63) is 51.4 Å². The Bertz CT molecular complexity index is 775. The van der Waals surface area contributed by atoms with Gasteiger partial charge < -0.3 is 10.1 Å². The maximum absolute atomic E-state index is 11.1. The van der Waals surface area contributed by atoms with Crippen LogP contribution in [0.5, 0.6) is 0 Å². The van der Waals surface area contributed by atoms with Gasteiger partial charge in [0.15, 0.2) is 0 Å². The zero-order chi connectivity index (χ0) is 15.0. The van der Waals surface area contributed by atoms with Gasteiger partial charge in [0.05, 0.1) is 16.1 Å². The summed E-state index contributed by atoms with van der Waals surface area (Å²) in [6.45, 7) is 1.60. The SMILES string of the molecule is C[C@H](O)c1cc([N+](=O)[O-])c(Sc2cc3ccccc3[nH]2)s1. The lowest BCUT2D eigenvalue weighted by atomic mass is 10.3. The van der Waals surface area contributed by atoms with Crippen LogP contribution in [0.1, 0.15) is 17.9 Å². The number of rotatable bonds is 4. The number of hydrogen-bond acceptors (Lipinski definition) is 5. The van der Waals surface area contributed by atoms with Crippen molar-refractivity contribution in [2.45, 2.75) is 22.3 Å². The number of benzene rings is 1. The fourth-order valence-electron chi connectivity index (χ4n) is 1.99. The average molecular weight is 320 g/mol. The molecule has 2 heterocycles. The Labute approximate surface area is 128 Å². The summed E-state index contributed by atoms with van der Waals surface area (Å²) >= 11 is 2.57. The first-order valence-corrected chi connectivity index (χ1v) is 7.89. The molecule has 2 aromatic heterocycles. The molecule has 3 aromatic rings. The number of aromatic nitrogens is 1. The maximum atomic E-state index is 11.1. The molecule has 0 saturated carbocycles. The van der Waals surface area contributed by atoms with Gasteiger partial charge in [0.25, 0.3) is 5.69 Å². The van der Waals surface area contributed by atoms with Gasteiger partial charge in [0.1, 0.15) is 4.21 Å². The van der Waals surface area contributed by atoms with Gasteiger partial charge in [-0.3, -0.25) is 10.1 Å². The molecule has 0 bridgehead atoms. The average Bonchev–Trinajstić information content (AvgIpc) is 3.02. The minimum absolute atomic E-state index is 0.0413. The molecule has 2 N–H and O–H groups in total. The number of nitrogens with one attached hydrogen (secondary N) is 1. The van der Waals surface area contributed by atoms with Gasteiger partial charge in [0, 0.05) is 21.8 Å². The summed E-state index contributed by atoms with van der Waals surface area (Å²) in [5.41, 5.74) is 1.04. The second-order valence-electron chi connectivity index (χ2n) is 4.58. The number of thiophene rings is 1. The molecule has 0 aliphatic carbocycles. The minimum atomic E-state index is -0.703. The molecular weight excluding hydrogens is 308 g/mol. The Morgan fingerprint density at radius 3 is 2.81 bits per heavy atom. The van der Waals surface area contributed by atoms with E-state index in [1.165, 1.54) is 29.2 Å².